The molecule has 0 aliphatic heterocycles. The van der Waals surface area contributed by atoms with Crippen molar-refractivity contribution in [3.63, 3.8) is 0 Å². The standard InChI is InChI=1S/C13H21N3O3/c1-4-9(2)15-13(18)16-12(17)8-14-10(3)11-6-5-7-19-11/h5-7,9-10,14H,4,8H2,1-3H3,(H2,15,16,17,18)/t9-,10-/m1/s1. The Bertz CT molecular complexity index is 403. The van der Waals surface area contributed by atoms with E-state index in [9.17, 15) is 9.59 Å². The summed E-state index contributed by atoms with van der Waals surface area (Å²) in [5, 5.41) is 7.89. The number of furan rings is 1. The van der Waals surface area contributed by atoms with Gasteiger partial charge in [0.25, 0.3) is 0 Å². The number of hydrogen-bond donors (Lipinski definition) is 3. The van der Waals surface area contributed by atoms with E-state index >= 15 is 0 Å². The van der Waals surface area contributed by atoms with Crippen LogP contribution in [-0.4, -0.2) is 24.5 Å². The quantitative estimate of drug-likeness (QED) is 0.730. The molecular formula is C13H21N3O3. The second kappa shape index (κ2) is 7.58. The number of carbonyl (C=O) groups excluding carboxylic acids is 2. The third-order valence-electron chi connectivity index (χ3n) is 2.78. The molecular weight excluding hydrogens is 246 g/mol. The minimum atomic E-state index is -0.466. The second-order valence-corrected chi connectivity index (χ2v) is 4.45. The van der Waals surface area contributed by atoms with Gasteiger partial charge in [-0.3, -0.25) is 15.4 Å². The highest BCUT2D eigenvalue weighted by atomic mass is 16.3. The number of rotatable bonds is 6. The van der Waals surface area contributed by atoms with E-state index in [-0.39, 0.29) is 24.5 Å². The van der Waals surface area contributed by atoms with Gasteiger partial charge in [0.1, 0.15) is 5.76 Å². The summed E-state index contributed by atoms with van der Waals surface area (Å²) in [5.74, 6) is 0.371. The van der Waals surface area contributed by atoms with Crippen LogP contribution in [0.2, 0.25) is 0 Å². The smallest absolute Gasteiger partial charge is 0.321 e. The fraction of sp³-hybridized carbons (Fsp3) is 0.538. The molecule has 0 aliphatic carbocycles. The van der Waals surface area contributed by atoms with Crippen LogP contribution in [0.5, 0.6) is 0 Å². The zero-order valence-electron chi connectivity index (χ0n) is 11.5. The van der Waals surface area contributed by atoms with Crippen molar-refractivity contribution in [3.05, 3.63) is 24.2 Å². The fourth-order valence-corrected chi connectivity index (χ4v) is 1.42. The van der Waals surface area contributed by atoms with Gasteiger partial charge in [0.15, 0.2) is 0 Å². The Kier molecular flexibility index (Phi) is 6.08. The molecule has 6 heteroatoms. The first-order valence-corrected chi connectivity index (χ1v) is 6.40. The lowest BCUT2D eigenvalue weighted by Crippen LogP contribution is -2.46. The van der Waals surface area contributed by atoms with E-state index in [0.717, 1.165) is 12.2 Å². The molecule has 0 saturated carbocycles. The van der Waals surface area contributed by atoms with Gasteiger partial charge in [0.05, 0.1) is 18.8 Å². The number of hydrogen-bond acceptors (Lipinski definition) is 4. The monoisotopic (exact) mass is 267 g/mol. The maximum absolute atomic E-state index is 11.5. The highest BCUT2D eigenvalue weighted by Gasteiger charge is 2.12. The highest BCUT2D eigenvalue weighted by molar-refractivity contribution is 5.95. The molecule has 1 rings (SSSR count). The minimum absolute atomic E-state index is 0.0443. The van der Waals surface area contributed by atoms with E-state index in [1.807, 2.05) is 26.8 Å². The zero-order valence-corrected chi connectivity index (χ0v) is 11.5. The summed E-state index contributed by atoms with van der Waals surface area (Å²) < 4.78 is 5.20. The summed E-state index contributed by atoms with van der Waals surface area (Å²) in [6, 6.07) is 3.10. The average molecular weight is 267 g/mol. The Morgan fingerprint density at radius 3 is 2.68 bits per heavy atom. The van der Waals surface area contributed by atoms with E-state index in [0.29, 0.717) is 0 Å². The Morgan fingerprint density at radius 1 is 1.37 bits per heavy atom. The summed E-state index contributed by atoms with van der Waals surface area (Å²) in [6.07, 6.45) is 2.39. The Labute approximate surface area is 112 Å². The lowest BCUT2D eigenvalue weighted by molar-refractivity contribution is -0.119. The molecule has 1 aromatic heterocycles. The van der Waals surface area contributed by atoms with Crippen molar-refractivity contribution in [2.45, 2.75) is 39.3 Å². The normalized spacial score (nSPS) is 13.6. The molecule has 0 radical (unpaired) electrons. The van der Waals surface area contributed by atoms with Crippen molar-refractivity contribution in [2.75, 3.05) is 6.54 Å². The van der Waals surface area contributed by atoms with Crippen LogP contribution >= 0.6 is 0 Å². The third kappa shape index (κ3) is 5.56. The SMILES string of the molecule is CC[C@@H](C)NC(=O)NC(=O)CN[C@H](C)c1ccco1. The summed E-state index contributed by atoms with van der Waals surface area (Å²) in [6.45, 7) is 5.77. The van der Waals surface area contributed by atoms with Crippen LogP contribution in [0.1, 0.15) is 39.0 Å². The average Bonchev–Trinajstić information content (AvgIpc) is 2.89. The molecule has 0 bridgehead atoms. The molecule has 0 aliphatic rings. The summed E-state index contributed by atoms with van der Waals surface area (Å²) in [5.41, 5.74) is 0. The van der Waals surface area contributed by atoms with Gasteiger partial charge in [0.2, 0.25) is 5.91 Å². The molecule has 1 heterocycles. The lowest BCUT2D eigenvalue weighted by Gasteiger charge is -2.13. The lowest BCUT2D eigenvalue weighted by atomic mass is 10.2. The van der Waals surface area contributed by atoms with E-state index < -0.39 is 6.03 Å². The summed E-state index contributed by atoms with van der Waals surface area (Å²) >= 11 is 0. The summed E-state index contributed by atoms with van der Waals surface area (Å²) in [7, 11) is 0. The second-order valence-electron chi connectivity index (χ2n) is 4.45. The van der Waals surface area contributed by atoms with Gasteiger partial charge in [-0.05, 0) is 32.4 Å². The molecule has 3 amide bonds. The Morgan fingerprint density at radius 2 is 2.11 bits per heavy atom. The van der Waals surface area contributed by atoms with Crippen molar-refractivity contribution >= 4 is 11.9 Å². The molecule has 0 aromatic carbocycles. The summed E-state index contributed by atoms with van der Waals surface area (Å²) in [4.78, 5) is 22.9. The molecule has 0 unspecified atom stereocenters. The number of amides is 3. The Hall–Kier alpha value is -1.82. The first-order chi connectivity index (χ1) is 9.02. The topological polar surface area (TPSA) is 83.4 Å². The van der Waals surface area contributed by atoms with Gasteiger partial charge in [-0.1, -0.05) is 6.92 Å². The number of urea groups is 1. The van der Waals surface area contributed by atoms with E-state index in [2.05, 4.69) is 16.0 Å². The van der Waals surface area contributed by atoms with E-state index in [1.165, 1.54) is 0 Å². The van der Waals surface area contributed by atoms with Crippen molar-refractivity contribution in [3.8, 4) is 0 Å². The van der Waals surface area contributed by atoms with Crippen LogP contribution in [0, 0.1) is 0 Å². The van der Waals surface area contributed by atoms with Crippen molar-refractivity contribution in [2.24, 2.45) is 0 Å². The van der Waals surface area contributed by atoms with Gasteiger partial charge in [-0.25, -0.2) is 4.79 Å². The van der Waals surface area contributed by atoms with Gasteiger partial charge >= 0.3 is 6.03 Å². The van der Waals surface area contributed by atoms with Crippen LogP contribution in [-0.2, 0) is 4.79 Å². The highest BCUT2D eigenvalue weighted by Crippen LogP contribution is 2.11. The van der Waals surface area contributed by atoms with Crippen molar-refractivity contribution in [1.82, 2.24) is 16.0 Å². The van der Waals surface area contributed by atoms with Crippen LogP contribution in [0.4, 0.5) is 4.79 Å². The number of carbonyl (C=O) groups is 2. The molecule has 19 heavy (non-hydrogen) atoms. The fourth-order valence-electron chi connectivity index (χ4n) is 1.42. The zero-order chi connectivity index (χ0) is 14.3. The predicted octanol–water partition coefficient (Wildman–Crippen LogP) is 1.55. The van der Waals surface area contributed by atoms with E-state index in [4.69, 9.17) is 4.42 Å². The van der Waals surface area contributed by atoms with Crippen LogP contribution < -0.4 is 16.0 Å². The van der Waals surface area contributed by atoms with Crippen molar-refractivity contribution < 1.29 is 14.0 Å². The molecule has 0 spiro atoms. The maximum Gasteiger partial charge on any atom is 0.321 e. The first-order valence-electron chi connectivity index (χ1n) is 6.40. The minimum Gasteiger partial charge on any atom is -0.468 e. The first kappa shape index (κ1) is 15.2. The molecule has 106 valence electrons. The molecule has 1 aromatic rings. The molecule has 0 saturated heterocycles. The largest absolute Gasteiger partial charge is 0.468 e. The van der Waals surface area contributed by atoms with Crippen LogP contribution in [0.3, 0.4) is 0 Å². The van der Waals surface area contributed by atoms with Gasteiger partial charge in [-0.2, -0.15) is 0 Å². The number of nitrogens with one attached hydrogen (secondary N) is 3. The van der Waals surface area contributed by atoms with Gasteiger partial charge in [-0.15, -0.1) is 0 Å². The molecule has 6 nitrogen and oxygen atoms in total. The maximum atomic E-state index is 11.5. The van der Waals surface area contributed by atoms with Gasteiger partial charge in [0, 0.05) is 6.04 Å². The van der Waals surface area contributed by atoms with E-state index in [1.54, 1.807) is 12.3 Å². The molecule has 0 fully saturated rings. The molecule has 2 atom stereocenters. The third-order valence-corrected chi connectivity index (χ3v) is 2.78. The number of imide groups is 1. The molecule has 3 N–H and O–H groups in total. The van der Waals surface area contributed by atoms with Crippen LogP contribution in [0.15, 0.2) is 22.8 Å². The van der Waals surface area contributed by atoms with Crippen LogP contribution in [0.25, 0.3) is 0 Å². The predicted molar refractivity (Wildman–Crippen MR) is 71.6 cm³/mol. The van der Waals surface area contributed by atoms with Gasteiger partial charge < -0.3 is 9.73 Å². The van der Waals surface area contributed by atoms with Crippen molar-refractivity contribution in [1.29, 1.82) is 0 Å². The Balaban J connectivity index is 2.26.